The Morgan fingerprint density at radius 2 is 1.92 bits per heavy atom. The standard InChI is InChI=1S/C9H17BrO2/c1-3-9(4-2,8(11)12)6-5-7-10/h3-7H2,1-2H3,(H,11,12). The van der Waals surface area contributed by atoms with Gasteiger partial charge in [0.15, 0.2) is 0 Å². The second-order valence-corrected chi connectivity index (χ2v) is 3.88. The number of hydrogen-bond donors (Lipinski definition) is 1. The van der Waals surface area contributed by atoms with Crippen molar-refractivity contribution in [3.05, 3.63) is 0 Å². The molecule has 0 atom stereocenters. The third-order valence-corrected chi connectivity index (χ3v) is 3.16. The van der Waals surface area contributed by atoms with Crippen molar-refractivity contribution in [1.29, 1.82) is 0 Å². The fourth-order valence-electron chi connectivity index (χ4n) is 1.42. The first-order valence-electron chi connectivity index (χ1n) is 4.42. The molecule has 0 spiro atoms. The van der Waals surface area contributed by atoms with Gasteiger partial charge in [-0.15, -0.1) is 0 Å². The van der Waals surface area contributed by atoms with Gasteiger partial charge in [-0.05, 0) is 25.7 Å². The van der Waals surface area contributed by atoms with E-state index in [0.29, 0.717) is 0 Å². The molecule has 3 heteroatoms. The highest BCUT2D eigenvalue weighted by Gasteiger charge is 2.33. The molecule has 2 nitrogen and oxygen atoms in total. The molecule has 0 aliphatic carbocycles. The molecule has 0 aliphatic heterocycles. The molecule has 0 aromatic carbocycles. The number of hydrogen-bond acceptors (Lipinski definition) is 1. The van der Waals surface area contributed by atoms with E-state index in [1.165, 1.54) is 0 Å². The van der Waals surface area contributed by atoms with Gasteiger partial charge in [0.2, 0.25) is 0 Å². The van der Waals surface area contributed by atoms with Gasteiger partial charge in [-0.25, -0.2) is 0 Å². The van der Waals surface area contributed by atoms with E-state index in [1.54, 1.807) is 0 Å². The second-order valence-electron chi connectivity index (χ2n) is 3.09. The third kappa shape index (κ3) is 2.77. The van der Waals surface area contributed by atoms with Crippen molar-refractivity contribution in [2.24, 2.45) is 5.41 Å². The maximum atomic E-state index is 11.0. The van der Waals surface area contributed by atoms with Crippen LogP contribution in [0.3, 0.4) is 0 Å². The average molecular weight is 237 g/mol. The van der Waals surface area contributed by atoms with Crippen LogP contribution in [0.5, 0.6) is 0 Å². The van der Waals surface area contributed by atoms with Gasteiger partial charge in [-0.3, -0.25) is 4.79 Å². The molecular weight excluding hydrogens is 220 g/mol. The number of aliphatic carboxylic acids is 1. The van der Waals surface area contributed by atoms with Crippen molar-refractivity contribution < 1.29 is 9.90 Å². The van der Waals surface area contributed by atoms with Crippen LogP contribution in [-0.2, 0) is 4.79 Å². The van der Waals surface area contributed by atoms with Crippen molar-refractivity contribution >= 4 is 21.9 Å². The quantitative estimate of drug-likeness (QED) is 0.721. The molecule has 0 bridgehead atoms. The molecule has 72 valence electrons. The zero-order chi connectivity index (χ0) is 9.61. The minimum absolute atomic E-state index is 0.478. The summed E-state index contributed by atoms with van der Waals surface area (Å²) in [5.74, 6) is -0.645. The van der Waals surface area contributed by atoms with E-state index in [-0.39, 0.29) is 0 Å². The predicted octanol–water partition coefficient (Wildman–Crippen LogP) is 3.05. The van der Waals surface area contributed by atoms with Crippen molar-refractivity contribution in [2.45, 2.75) is 39.5 Å². The van der Waals surface area contributed by atoms with E-state index < -0.39 is 11.4 Å². The van der Waals surface area contributed by atoms with Gasteiger partial charge in [0.1, 0.15) is 0 Å². The SMILES string of the molecule is CCC(CC)(CCCBr)C(=O)O. The molecule has 0 rings (SSSR count). The van der Waals surface area contributed by atoms with E-state index >= 15 is 0 Å². The van der Waals surface area contributed by atoms with E-state index in [4.69, 9.17) is 5.11 Å². The number of halogens is 1. The summed E-state index contributed by atoms with van der Waals surface area (Å²) in [6.07, 6.45) is 3.17. The minimum Gasteiger partial charge on any atom is -0.481 e. The Kier molecular flexibility index (Phi) is 5.55. The fourth-order valence-corrected chi connectivity index (χ4v) is 1.70. The van der Waals surface area contributed by atoms with Crippen LogP contribution in [0, 0.1) is 5.41 Å². The number of carboxylic acid groups (broad SMARTS) is 1. The first kappa shape index (κ1) is 11.9. The topological polar surface area (TPSA) is 37.3 Å². The van der Waals surface area contributed by atoms with Crippen LogP contribution in [0.15, 0.2) is 0 Å². The van der Waals surface area contributed by atoms with Crippen molar-refractivity contribution in [3.8, 4) is 0 Å². The van der Waals surface area contributed by atoms with Gasteiger partial charge in [0.25, 0.3) is 0 Å². The lowest BCUT2D eigenvalue weighted by molar-refractivity contribution is -0.150. The minimum atomic E-state index is -0.645. The Bertz CT molecular complexity index is 141. The molecule has 0 radical (unpaired) electrons. The molecule has 0 fully saturated rings. The molecule has 0 aliphatic rings. The van der Waals surface area contributed by atoms with E-state index in [1.807, 2.05) is 13.8 Å². The first-order chi connectivity index (χ1) is 5.63. The second kappa shape index (κ2) is 5.57. The highest BCUT2D eigenvalue weighted by molar-refractivity contribution is 9.09. The lowest BCUT2D eigenvalue weighted by Gasteiger charge is -2.26. The highest BCUT2D eigenvalue weighted by Crippen LogP contribution is 2.32. The maximum absolute atomic E-state index is 11.0. The summed E-state index contributed by atoms with van der Waals surface area (Å²) in [7, 11) is 0. The maximum Gasteiger partial charge on any atom is 0.309 e. The molecule has 0 aromatic rings. The lowest BCUT2D eigenvalue weighted by Crippen LogP contribution is -2.29. The van der Waals surface area contributed by atoms with Crippen LogP contribution in [-0.4, -0.2) is 16.4 Å². The van der Waals surface area contributed by atoms with Crippen LogP contribution in [0.25, 0.3) is 0 Å². The lowest BCUT2D eigenvalue weighted by atomic mass is 9.78. The fraction of sp³-hybridized carbons (Fsp3) is 0.889. The zero-order valence-electron chi connectivity index (χ0n) is 7.77. The monoisotopic (exact) mass is 236 g/mol. The molecule has 0 aromatic heterocycles. The molecule has 1 N–H and O–H groups in total. The van der Waals surface area contributed by atoms with Gasteiger partial charge in [0, 0.05) is 5.33 Å². The highest BCUT2D eigenvalue weighted by atomic mass is 79.9. The summed E-state index contributed by atoms with van der Waals surface area (Å²) in [5.41, 5.74) is -0.478. The van der Waals surface area contributed by atoms with E-state index in [0.717, 1.165) is 31.0 Å². The Morgan fingerprint density at radius 3 is 2.17 bits per heavy atom. The molecule has 0 amide bonds. The van der Waals surface area contributed by atoms with Crippen LogP contribution < -0.4 is 0 Å². The summed E-state index contributed by atoms with van der Waals surface area (Å²) >= 11 is 3.32. The number of carbonyl (C=O) groups is 1. The van der Waals surface area contributed by atoms with Gasteiger partial charge in [0.05, 0.1) is 5.41 Å². The Morgan fingerprint density at radius 1 is 1.42 bits per heavy atom. The Balaban J connectivity index is 4.25. The largest absolute Gasteiger partial charge is 0.481 e. The van der Waals surface area contributed by atoms with Gasteiger partial charge in [-0.1, -0.05) is 29.8 Å². The summed E-state index contributed by atoms with van der Waals surface area (Å²) in [5, 5.41) is 9.93. The predicted molar refractivity (Wildman–Crippen MR) is 53.7 cm³/mol. The van der Waals surface area contributed by atoms with Crippen LogP contribution in [0.2, 0.25) is 0 Å². The Labute approximate surface area is 82.5 Å². The average Bonchev–Trinajstić information content (AvgIpc) is 2.07. The van der Waals surface area contributed by atoms with Crippen LogP contribution >= 0.6 is 15.9 Å². The number of carboxylic acids is 1. The normalized spacial score (nSPS) is 11.6. The van der Waals surface area contributed by atoms with E-state index in [2.05, 4.69) is 15.9 Å². The molecule has 0 heterocycles. The summed E-state index contributed by atoms with van der Waals surface area (Å²) in [4.78, 5) is 11.0. The smallest absolute Gasteiger partial charge is 0.309 e. The van der Waals surface area contributed by atoms with E-state index in [9.17, 15) is 4.79 Å². The zero-order valence-corrected chi connectivity index (χ0v) is 9.35. The molecule has 0 unspecified atom stereocenters. The number of alkyl halides is 1. The molecule has 0 saturated carbocycles. The van der Waals surface area contributed by atoms with Crippen molar-refractivity contribution in [3.63, 3.8) is 0 Å². The van der Waals surface area contributed by atoms with Crippen LogP contribution in [0.1, 0.15) is 39.5 Å². The summed E-state index contributed by atoms with van der Waals surface area (Å²) < 4.78 is 0. The summed E-state index contributed by atoms with van der Waals surface area (Å²) in [6.45, 7) is 3.90. The molecule has 0 saturated heterocycles. The van der Waals surface area contributed by atoms with Crippen molar-refractivity contribution in [2.75, 3.05) is 5.33 Å². The Hall–Kier alpha value is -0.0500. The van der Waals surface area contributed by atoms with Gasteiger partial charge in [-0.2, -0.15) is 0 Å². The van der Waals surface area contributed by atoms with Crippen molar-refractivity contribution in [1.82, 2.24) is 0 Å². The number of rotatable bonds is 6. The third-order valence-electron chi connectivity index (χ3n) is 2.60. The summed E-state index contributed by atoms with van der Waals surface area (Å²) in [6, 6.07) is 0. The van der Waals surface area contributed by atoms with Gasteiger partial charge >= 0.3 is 5.97 Å². The van der Waals surface area contributed by atoms with Gasteiger partial charge < -0.3 is 5.11 Å². The van der Waals surface area contributed by atoms with Crippen LogP contribution in [0.4, 0.5) is 0 Å². The molecular formula is C9H17BrO2. The first-order valence-corrected chi connectivity index (χ1v) is 5.54. The molecule has 12 heavy (non-hydrogen) atoms.